The highest BCUT2D eigenvalue weighted by Gasteiger charge is 2.29. The van der Waals surface area contributed by atoms with Crippen molar-refractivity contribution in [2.75, 3.05) is 25.5 Å². The van der Waals surface area contributed by atoms with Gasteiger partial charge in [-0.2, -0.15) is 0 Å². The molecule has 2 N–H and O–H groups in total. The van der Waals surface area contributed by atoms with Crippen LogP contribution in [0.5, 0.6) is 11.5 Å². The number of piperidine rings is 1. The maximum Gasteiger partial charge on any atom is 0.223 e. The van der Waals surface area contributed by atoms with E-state index in [1.807, 2.05) is 11.8 Å². The van der Waals surface area contributed by atoms with E-state index < -0.39 is 10.8 Å². The Hall–Kier alpha value is -1.31. The molecule has 2 aliphatic rings. The number of hydrogen-bond acceptors (Lipinski definition) is 5. The number of nitrogens with two attached hydrogens (primary N) is 1. The van der Waals surface area contributed by atoms with E-state index in [9.17, 15) is 9.00 Å². The lowest BCUT2D eigenvalue weighted by molar-refractivity contribution is -0.134. The summed E-state index contributed by atoms with van der Waals surface area (Å²) in [5, 5.41) is 0. The Labute approximate surface area is 163 Å². The first kappa shape index (κ1) is 21.0. The second kappa shape index (κ2) is 9.58. The zero-order valence-corrected chi connectivity index (χ0v) is 16.7. The van der Waals surface area contributed by atoms with E-state index in [1.54, 1.807) is 18.2 Å². The third-order valence-electron chi connectivity index (χ3n) is 4.75. The lowest BCUT2D eigenvalue weighted by Gasteiger charge is -2.38. The van der Waals surface area contributed by atoms with Crippen molar-refractivity contribution in [3.63, 3.8) is 0 Å². The van der Waals surface area contributed by atoms with Gasteiger partial charge in [0, 0.05) is 41.8 Å². The first-order valence-corrected chi connectivity index (χ1v) is 10.2. The third-order valence-corrected chi connectivity index (χ3v) is 6.11. The second-order valence-electron chi connectivity index (χ2n) is 6.61. The summed E-state index contributed by atoms with van der Waals surface area (Å²) in [7, 11) is -1.24. The smallest absolute Gasteiger partial charge is 0.223 e. The predicted molar refractivity (Wildman–Crippen MR) is 104 cm³/mol. The maximum atomic E-state index is 12.6. The quantitative estimate of drug-likeness (QED) is 0.815. The molecule has 6 nitrogen and oxygen atoms in total. The molecule has 2 aliphatic heterocycles. The zero-order valence-electron chi connectivity index (χ0n) is 15.0. The highest BCUT2D eigenvalue weighted by Crippen LogP contribution is 2.32. The number of ether oxygens (including phenoxy) is 2. The Morgan fingerprint density at radius 3 is 2.77 bits per heavy atom. The van der Waals surface area contributed by atoms with Crippen LogP contribution in [-0.2, 0) is 15.6 Å². The molecule has 0 aromatic heterocycles. The molecular weight excluding hydrogens is 376 g/mol. The Bertz CT molecular complexity index is 656. The Morgan fingerprint density at radius 2 is 2.04 bits per heavy atom. The fraction of sp³-hybridized carbons (Fsp3) is 0.611. The van der Waals surface area contributed by atoms with Crippen LogP contribution >= 0.6 is 12.4 Å². The Balaban J connectivity index is 0.00000243. The van der Waals surface area contributed by atoms with Crippen LogP contribution in [0, 0.1) is 0 Å². The van der Waals surface area contributed by atoms with Crippen molar-refractivity contribution in [3.8, 4) is 11.5 Å². The van der Waals surface area contributed by atoms with Gasteiger partial charge in [-0.1, -0.05) is 0 Å². The van der Waals surface area contributed by atoms with E-state index in [-0.39, 0.29) is 36.8 Å². The number of carbonyl (C=O) groups is 1. The van der Waals surface area contributed by atoms with Crippen LogP contribution in [0.3, 0.4) is 0 Å². The van der Waals surface area contributed by atoms with Crippen LogP contribution in [0.2, 0.25) is 0 Å². The van der Waals surface area contributed by atoms with Crippen molar-refractivity contribution >= 4 is 29.1 Å². The number of nitrogens with zero attached hydrogens (tertiary/aromatic N) is 1. The van der Waals surface area contributed by atoms with E-state index in [0.717, 1.165) is 25.8 Å². The van der Waals surface area contributed by atoms with Crippen molar-refractivity contribution in [1.82, 2.24) is 4.90 Å². The zero-order chi connectivity index (χ0) is 17.8. The maximum absolute atomic E-state index is 12.6. The molecule has 8 heteroatoms. The SMILES string of the molecule is CC(N)C1CCCCN1C(=O)CCS(=O)c1ccc2c(c1)OCCO2.Cl. The summed E-state index contributed by atoms with van der Waals surface area (Å²) in [6.45, 7) is 3.72. The molecule has 2 heterocycles. The molecule has 1 aromatic carbocycles. The largest absolute Gasteiger partial charge is 0.486 e. The van der Waals surface area contributed by atoms with Crippen LogP contribution in [0.25, 0.3) is 0 Å². The van der Waals surface area contributed by atoms with Crippen LogP contribution in [0.1, 0.15) is 32.6 Å². The van der Waals surface area contributed by atoms with Crippen molar-refractivity contribution in [1.29, 1.82) is 0 Å². The molecule has 3 atom stereocenters. The molecule has 1 saturated heterocycles. The standard InChI is InChI=1S/C18H26N2O4S.ClH/c1-13(19)15-4-2-3-8-20(15)18(21)7-11-25(22)14-5-6-16-17(12-14)24-10-9-23-16;/h5-6,12-13,15H,2-4,7-11,19H2,1H3;1H. The average Bonchev–Trinajstić information content (AvgIpc) is 2.65. The number of likely N-dealkylation sites (tertiary alicyclic amines) is 1. The minimum atomic E-state index is -1.24. The molecular formula is C18H27ClN2O4S. The molecule has 1 fully saturated rings. The van der Waals surface area contributed by atoms with Gasteiger partial charge in [0.2, 0.25) is 5.91 Å². The van der Waals surface area contributed by atoms with Crippen molar-refractivity contribution in [2.45, 2.75) is 49.6 Å². The number of hydrogen-bond donors (Lipinski definition) is 1. The molecule has 0 saturated carbocycles. The molecule has 0 spiro atoms. The van der Waals surface area contributed by atoms with Gasteiger partial charge in [0.15, 0.2) is 11.5 Å². The molecule has 146 valence electrons. The van der Waals surface area contributed by atoms with E-state index in [4.69, 9.17) is 15.2 Å². The fourth-order valence-corrected chi connectivity index (χ4v) is 4.47. The van der Waals surface area contributed by atoms with Crippen LogP contribution in [0.15, 0.2) is 23.1 Å². The summed E-state index contributed by atoms with van der Waals surface area (Å²) in [5.41, 5.74) is 6.03. The predicted octanol–water partition coefficient (Wildman–Crippen LogP) is 2.11. The molecule has 1 aromatic rings. The van der Waals surface area contributed by atoms with Crippen LogP contribution in [-0.4, -0.2) is 52.6 Å². The van der Waals surface area contributed by atoms with Crippen LogP contribution < -0.4 is 15.2 Å². The monoisotopic (exact) mass is 402 g/mol. The molecule has 1 amide bonds. The number of amides is 1. The van der Waals surface area contributed by atoms with Gasteiger partial charge in [0.25, 0.3) is 0 Å². The lowest BCUT2D eigenvalue weighted by atomic mass is 9.96. The van der Waals surface area contributed by atoms with Crippen LogP contribution in [0.4, 0.5) is 0 Å². The third kappa shape index (κ3) is 4.90. The number of rotatable bonds is 5. The van der Waals surface area contributed by atoms with E-state index in [1.165, 1.54) is 0 Å². The summed E-state index contributed by atoms with van der Waals surface area (Å²) in [4.78, 5) is 15.1. The highest BCUT2D eigenvalue weighted by molar-refractivity contribution is 7.85. The van der Waals surface area contributed by atoms with Crippen molar-refractivity contribution in [3.05, 3.63) is 18.2 Å². The summed E-state index contributed by atoms with van der Waals surface area (Å²) >= 11 is 0. The van der Waals surface area contributed by atoms with E-state index >= 15 is 0 Å². The van der Waals surface area contributed by atoms with Gasteiger partial charge in [0.1, 0.15) is 13.2 Å². The Morgan fingerprint density at radius 1 is 1.31 bits per heavy atom. The highest BCUT2D eigenvalue weighted by atomic mass is 35.5. The fourth-order valence-electron chi connectivity index (χ4n) is 3.42. The lowest BCUT2D eigenvalue weighted by Crippen LogP contribution is -2.51. The number of halogens is 1. The minimum Gasteiger partial charge on any atom is -0.486 e. The first-order valence-electron chi connectivity index (χ1n) is 8.89. The molecule has 0 radical (unpaired) electrons. The number of carbonyl (C=O) groups excluding carboxylic acids is 1. The second-order valence-corrected chi connectivity index (χ2v) is 8.19. The van der Waals surface area contributed by atoms with Gasteiger partial charge in [-0.3, -0.25) is 9.00 Å². The molecule has 3 unspecified atom stereocenters. The van der Waals surface area contributed by atoms with E-state index in [2.05, 4.69) is 0 Å². The van der Waals surface area contributed by atoms with Gasteiger partial charge in [-0.15, -0.1) is 12.4 Å². The van der Waals surface area contributed by atoms with E-state index in [0.29, 0.717) is 35.4 Å². The van der Waals surface area contributed by atoms with Gasteiger partial charge < -0.3 is 20.1 Å². The van der Waals surface area contributed by atoms with Crippen molar-refractivity contribution in [2.24, 2.45) is 5.73 Å². The minimum absolute atomic E-state index is 0. The number of benzene rings is 1. The first-order chi connectivity index (χ1) is 12.1. The normalized spacial score (nSPS) is 21.5. The summed E-state index contributed by atoms with van der Waals surface area (Å²) in [6, 6.07) is 5.37. The topological polar surface area (TPSA) is 81.9 Å². The van der Waals surface area contributed by atoms with Gasteiger partial charge in [-0.05, 0) is 38.3 Å². The molecule has 0 aliphatic carbocycles. The molecule has 0 bridgehead atoms. The molecule has 26 heavy (non-hydrogen) atoms. The van der Waals surface area contributed by atoms with Gasteiger partial charge in [0.05, 0.1) is 10.8 Å². The average molecular weight is 403 g/mol. The summed E-state index contributed by atoms with van der Waals surface area (Å²) in [6.07, 6.45) is 3.35. The van der Waals surface area contributed by atoms with Gasteiger partial charge >= 0.3 is 0 Å². The Kier molecular flexibility index (Phi) is 7.73. The summed E-state index contributed by atoms with van der Waals surface area (Å²) < 4.78 is 23.6. The summed E-state index contributed by atoms with van der Waals surface area (Å²) in [5.74, 6) is 1.65. The van der Waals surface area contributed by atoms with Gasteiger partial charge in [-0.25, -0.2) is 0 Å². The number of fused-ring (bicyclic) bond motifs is 1. The van der Waals surface area contributed by atoms with Crippen molar-refractivity contribution < 1.29 is 18.5 Å². The molecule has 3 rings (SSSR count).